The van der Waals surface area contributed by atoms with Crippen molar-refractivity contribution in [3.63, 3.8) is 0 Å². The molecule has 10 nitrogen and oxygen atoms in total. The topological polar surface area (TPSA) is 181 Å². The fourth-order valence-corrected chi connectivity index (χ4v) is 3.91. The van der Waals surface area contributed by atoms with Gasteiger partial charge >= 0.3 is 11.9 Å². The number of carbonyl (C=O) groups is 5. The van der Waals surface area contributed by atoms with Crippen LogP contribution in [0.25, 0.3) is 0 Å². The monoisotopic (exact) mass is 491 g/mol. The highest BCUT2D eigenvalue weighted by atomic mass is 16.4. The summed E-state index contributed by atoms with van der Waals surface area (Å²) in [6.07, 6.45) is 0.323. The van der Waals surface area contributed by atoms with Crippen LogP contribution in [0.3, 0.4) is 0 Å². The highest BCUT2D eigenvalue weighted by Crippen LogP contribution is 2.38. The van der Waals surface area contributed by atoms with Crippen LogP contribution in [0.1, 0.15) is 84.6 Å². The number of fused-ring (bicyclic) bond motifs is 1. The number of rotatable bonds is 9. The zero-order chi connectivity index (χ0) is 27.5. The van der Waals surface area contributed by atoms with Crippen LogP contribution >= 0.6 is 0 Å². The molecule has 10 heteroatoms. The third kappa shape index (κ3) is 6.37. The van der Waals surface area contributed by atoms with Gasteiger partial charge in [-0.1, -0.05) is 0 Å². The summed E-state index contributed by atoms with van der Waals surface area (Å²) in [5.41, 5.74) is 13.3. The Labute approximate surface area is 205 Å². The van der Waals surface area contributed by atoms with Crippen LogP contribution in [0.4, 0.5) is 0 Å². The number of nitrogens with zero attached hydrogens (tertiary/aromatic N) is 1. The van der Waals surface area contributed by atoms with E-state index in [1.54, 1.807) is 13.8 Å². The summed E-state index contributed by atoms with van der Waals surface area (Å²) in [6, 6.07) is 0. The second kappa shape index (κ2) is 10.9. The lowest BCUT2D eigenvalue weighted by molar-refractivity contribution is -0.150. The van der Waals surface area contributed by atoms with Gasteiger partial charge in [-0.05, 0) is 89.1 Å². The van der Waals surface area contributed by atoms with Gasteiger partial charge in [-0.15, -0.1) is 0 Å². The minimum atomic E-state index is -1.47. The largest absolute Gasteiger partial charge is 0.481 e. The summed E-state index contributed by atoms with van der Waals surface area (Å²) in [6.45, 7) is 12.7. The molecule has 0 bridgehead atoms. The molecule has 194 valence electrons. The molecule has 0 fully saturated rings. The lowest BCUT2D eigenvalue weighted by Crippen LogP contribution is -2.53. The Bertz CT molecular complexity index is 1060. The standard InChI is InChI=1S/C18H24N2O4.C7H13NO3/c1-9-10(2)12(4)15-13(11(9)3)8-20(16(15)22)18(5,17(23)24)7-6-14(19)21;1-7(2,6(10)11)4-3-5(8)9/h6-8H2,1-5H3,(H2,19,21)(H,23,24);3-4H2,1-2H3,(H2,8,9)(H,10,11). The van der Waals surface area contributed by atoms with Crippen LogP contribution in [0.15, 0.2) is 0 Å². The normalized spacial score (nSPS) is 14.5. The van der Waals surface area contributed by atoms with E-state index in [0.29, 0.717) is 5.56 Å². The second-order valence-electron chi connectivity index (χ2n) is 9.95. The third-order valence-electron chi connectivity index (χ3n) is 7.08. The molecule has 1 atom stereocenters. The number of hydrogen-bond acceptors (Lipinski definition) is 5. The predicted molar refractivity (Wildman–Crippen MR) is 130 cm³/mol. The first-order valence-corrected chi connectivity index (χ1v) is 11.3. The molecule has 6 N–H and O–H groups in total. The summed E-state index contributed by atoms with van der Waals surface area (Å²) in [7, 11) is 0. The predicted octanol–water partition coefficient (Wildman–Crippen LogP) is 2.35. The van der Waals surface area contributed by atoms with E-state index in [1.165, 1.54) is 11.8 Å². The minimum absolute atomic E-state index is 0.00649. The molecule has 1 aromatic rings. The number of carboxylic acids is 2. The highest BCUT2D eigenvalue weighted by molar-refractivity contribution is 6.03. The van der Waals surface area contributed by atoms with Crippen LogP contribution < -0.4 is 11.5 Å². The SMILES string of the molecule is CC(C)(CCC(N)=O)C(=O)O.Cc1c(C)c(C)c2c(c1C)CN(C(C)(CCC(N)=O)C(=O)O)C2=O. The van der Waals surface area contributed by atoms with Crippen molar-refractivity contribution in [1.29, 1.82) is 0 Å². The van der Waals surface area contributed by atoms with Gasteiger partial charge < -0.3 is 26.6 Å². The van der Waals surface area contributed by atoms with E-state index in [4.69, 9.17) is 16.6 Å². The van der Waals surface area contributed by atoms with Crippen molar-refractivity contribution in [3.8, 4) is 0 Å². The average molecular weight is 492 g/mol. The first-order valence-electron chi connectivity index (χ1n) is 11.3. The number of primary amides is 2. The van der Waals surface area contributed by atoms with Crippen molar-refractivity contribution in [2.24, 2.45) is 16.9 Å². The Morgan fingerprint density at radius 3 is 1.69 bits per heavy atom. The van der Waals surface area contributed by atoms with Gasteiger partial charge in [0.05, 0.1) is 5.41 Å². The Balaban J connectivity index is 0.000000471. The molecule has 1 aromatic carbocycles. The lowest BCUT2D eigenvalue weighted by atomic mass is 9.88. The van der Waals surface area contributed by atoms with Crippen molar-refractivity contribution in [1.82, 2.24) is 4.90 Å². The van der Waals surface area contributed by atoms with Gasteiger partial charge in [0.1, 0.15) is 5.54 Å². The first-order chi connectivity index (χ1) is 15.9. The molecule has 1 aliphatic heterocycles. The third-order valence-corrected chi connectivity index (χ3v) is 7.08. The molecule has 0 saturated heterocycles. The van der Waals surface area contributed by atoms with Crippen molar-refractivity contribution < 1.29 is 34.2 Å². The number of aliphatic carboxylic acids is 2. The van der Waals surface area contributed by atoms with E-state index < -0.39 is 34.7 Å². The fraction of sp³-hybridized carbons (Fsp3) is 0.560. The van der Waals surface area contributed by atoms with Gasteiger partial charge in [-0.3, -0.25) is 19.2 Å². The molecule has 35 heavy (non-hydrogen) atoms. The molecule has 1 heterocycles. The summed E-state index contributed by atoms with van der Waals surface area (Å²) < 4.78 is 0. The molecule has 0 saturated carbocycles. The van der Waals surface area contributed by atoms with E-state index in [2.05, 4.69) is 0 Å². The number of carbonyl (C=O) groups excluding carboxylic acids is 3. The Morgan fingerprint density at radius 2 is 1.26 bits per heavy atom. The molecular weight excluding hydrogens is 454 g/mol. The molecule has 3 amide bonds. The average Bonchev–Trinajstić information content (AvgIpc) is 3.11. The van der Waals surface area contributed by atoms with Crippen LogP contribution in [-0.2, 0) is 25.7 Å². The number of hydrogen-bond donors (Lipinski definition) is 4. The Morgan fingerprint density at radius 1 is 0.800 bits per heavy atom. The number of benzene rings is 1. The highest BCUT2D eigenvalue weighted by Gasteiger charge is 2.47. The van der Waals surface area contributed by atoms with Crippen LogP contribution in [0, 0.1) is 33.1 Å². The molecule has 0 radical (unpaired) electrons. The maximum atomic E-state index is 13.0. The van der Waals surface area contributed by atoms with Crippen molar-refractivity contribution >= 4 is 29.7 Å². The quantitative estimate of drug-likeness (QED) is 0.409. The number of amides is 3. The van der Waals surface area contributed by atoms with E-state index in [0.717, 1.165) is 27.8 Å². The minimum Gasteiger partial charge on any atom is -0.481 e. The number of carboxylic acid groups (broad SMARTS) is 2. The van der Waals surface area contributed by atoms with Crippen molar-refractivity contribution in [2.75, 3.05) is 0 Å². The summed E-state index contributed by atoms with van der Waals surface area (Å²) in [4.78, 5) is 58.1. The molecule has 0 spiro atoms. The van der Waals surface area contributed by atoms with Gasteiger partial charge in [0, 0.05) is 24.9 Å². The summed E-state index contributed by atoms with van der Waals surface area (Å²) in [5.74, 6) is -3.36. The van der Waals surface area contributed by atoms with Crippen LogP contribution in [0.2, 0.25) is 0 Å². The molecule has 1 aliphatic rings. The van der Waals surface area contributed by atoms with Gasteiger partial charge in [0.25, 0.3) is 5.91 Å². The van der Waals surface area contributed by atoms with E-state index in [9.17, 15) is 29.1 Å². The van der Waals surface area contributed by atoms with Gasteiger partial charge in [0.2, 0.25) is 11.8 Å². The van der Waals surface area contributed by atoms with Gasteiger partial charge in [-0.2, -0.15) is 0 Å². The zero-order valence-electron chi connectivity index (χ0n) is 21.6. The number of nitrogens with two attached hydrogens (primary N) is 2. The second-order valence-corrected chi connectivity index (χ2v) is 9.95. The maximum Gasteiger partial charge on any atom is 0.329 e. The van der Waals surface area contributed by atoms with E-state index in [-0.39, 0.29) is 38.1 Å². The van der Waals surface area contributed by atoms with E-state index in [1.807, 2.05) is 27.7 Å². The first kappa shape index (κ1) is 29.6. The van der Waals surface area contributed by atoms with Crippen LogP contribution in [0.5, 0.6) is 0 Å². The summed E-state index contributed by atoms with van der Waals surface area (Å²) >= 11 is 0. The molecular formula is C25H37N3O7. The fourth-order valence-electron chi connectivity index (χ4n) is 3.91. The smallest absolute Gasteiger partial charge is 0.329 e. The summed E-state index contributed by atoms with van der Waals surface area (Å²) in [5, 5.41) is 18.3. The van der Waals surface area contributed by atoms with Crippen molar-refractivity contribution in [2.45, 2.75) is 86.2 Å². The Hall–Kier alpha value is -3.43. The molecule has 1 unspecified atom stereocenters. The lowest BCUT2D eigenvalue weighted by Gasteiger charge is -2.34. The molecule has 0 aromatic heterocycles. The molecule has 0 aliphatic carbocycles. The Kier molecular flexibility index (Phi) is 9.20. The zero-order valence-corrected chi connectivity index (χ0v) is 21.6. The van der Waals surface area contributed by atoms with Gasteiger partial charge in [0.15, 0.2) is 0 Å². The van der Waals surface area contributed by atoms with Crippen LogP contribution in [-0.4, -0.2) is 50.3 Å². The van der Waals surface area contributed by atoms with E-state index >= 15 is 0 Å². The van der Waals surface area contributed by atoms with Crippen molar-refractivity contribution in [3.05, 3.63) is 33.4 Å². The maximum absolute atomic E-state index is 13.0. The van der Waals surface area contributed by atoms with Gasteiger partial charge in [-0.25, -0.2) is 4.79 Å². The molecule has 2 rings (SSSR count).